The van der Waals surface area contributed by atoms with E-state index in [9.17, 15) is 8.78 Å². The van der Waals surface area contributed by atoms with Crippen molar-refractivity contribution in [2.75, 3.05) is 13.7 Å². The van der Waals surface area contributed by atoms with Crippen LogP contribution in [0.5, 0.6) is 5.75 Å². The predicted octanol–water partition coefficient (Wildman–Crippen LogP) is 4.72. The Morgan fingerprint density at radius 2 is 2.05 bits per heavy atom. The summed E-state index contributed by atoms with van der Waals surface area (Å²) in [6.45, 7) is 0.0706. The van der Waals surface area contributed by atoms with Gasteiger partial charge in [0, 0.05) is 10.6 Å². The van der Waals surface area contributed by atoms with Crippen LogP contribution in [0, 0.1) is 11.6 Å². The Labute approximate surface area is 135 Å². The van der Waals surface area contributed by atoms with E-state index >= 15 is 0 Å². The van der Waals surface area contributed by atoms with Crippen LogP contribution >= 0.6 is 27.5 Å². The number of nitrogens with one attached hydrogen (secondary N) is 1. The van der Waals surface area contributed by atoms with E-state index in [1.165, 1.54) is 12.1 Å². The molecule has 0 saturated heterocycles. The van der Waals surface area contributed by atoms with Crippen LogP contribution in [0.15, 0.2) is 40.9 Å². The zero-order chi connectivity index (χ0) is 15.4. The topological polar surface area (TPSA) is 21.3 Å². The Balaban J connectivity index is 2.19. The second kappa shape index (κ2) is 7.20. The quantitative estimate of drug-likeness (QED) is 0.762. The van der Waals surface area contributed by atoms with Crippen LogP contribution in [0.2, 0.25) is 5.02 Å². The lowest BCUT2D eigenvalue weighted by atomic mass is 10.1. The molecule has 6 heteroatoms. The van der Waals surface area contributed by atoms with E-state index in [1.807, 2.05) is 0 Å². The molecule has 0 bridgehead atoms. The fourth-order valence-corrected chi connectivity index (χ4v) is 2.44. The number of ether oxygens (including phenoxy) is 1. The summed E-state index contributed by atoms with van der Waals surface area (Å²) < 4.78 is 33.7. The van der Waals surface area contributed by atoms with Gasteiger partial charge in [-0.15, -0.1) is 0 Å². The second-order valence-corrected chi connectivity index (χ2v) is 5.66. The minimum absolute atomic E-state index is 0.0612. The molecule has 0 aliphatic heterocycles. The standard InChI is InChI=1S/C15H13BrClF2NO/c1-20-13(8-21-10-4-2-3-9(17)7-10)14-12(18)6-5-11(16)15(14)19/h2-7,13,20H,8H2,1H3. The number of halogens is 4. The fourth-order valence-electron chi connectivity index (χ4n) is 1.91. The van der Waals surface area contributed by atoms with Crippen molar-refractivity contribution in [2.24, 2.45) is 0 Å². The molecule has 2 nitrogen and oxygen atoms in total. The molecule has 0 aromatic heterocycles. The summed E-state index contributed by atoms with van der Waals surface area (Å²) in [5.41, 5.74) is -0.0612. The lowest BCUT2D eigenvalue weighted by molar-refractivity contribution is 0.266. The molecular weight excluding hydrogens is 364 g/mol. The largest absolute Gasteiger partial charge is 0.492 e. The Bertz CT molecular complexity index is 639. The van der Waals surface area contributed by atoms with Crippen molar-refractivity contribution in [2.45, 2.75) is 6.04 Å². The normalized spacial score (nSPS) is 12.2. The van der Waals surface area contributed by atoms with Gasteiger partial charge in [0.25, 0.3) is 0 Å². The molecule has 0 amide bonds. The van der Waals surface area contributed by atoms with E-state index in [4.69, 9.17) is 16.3 Å². The van der Waals surface area contributed by atoms with Crippen molar-refractivity contribution in [3.8, 4) is 5.75 Å². The van der Waals surface area contributed by atoms with Gasteiger partial charge in [0.2, 0.25) is 0 Å². The first-order valence-corrected chi connectivity index (χ1v) is 7.39. The van der Waals surface area contributed by atoms with E-state index in [2.05, 4.69) is 21.2 Å². The van der Waals surface area contributed by atoms with Crippen LogP contribution in [0.25, 0.3) is 0 Å². The zero-order valence-corrected chi connectivity index (χ0v) is 13.5. The van der Waals surface area contributed by atoms with Gasteiger partial charge in [-0.2, -0.15) is 0 Å². The molecule has 2 aromatic carbocycles. The number of rotatable bonds is 5. The van der Waals surface area contributed by atoms with E-state index in [-0.39, 0.29) is 16.6 Å². The number of hydrogen-bond acceptors (Lipinski definition) is 2. The molecule has 0 radical (unpaired) electrons. The van der Waals surface area contributed by atoms with E-state index in [0.717, 1.165) is 0 Å². The predicted molar refractivity (Wildman–Crippen MR) is 82.8 cm³/mol. The number of benzene rings is 2. The molecular formula is C15H13BrClF2NO. The lowest BCUT2D eigenvalue weighted by Crippen LogP contribution is -2.25. The van der Waals surface area contributed by atoms with Crippen molar-refractivity contribution in [3.05, 3.63) is 63.1 Å². The Morgan fingerprint density at radius 1 is 1.29 bits per heavy atom. The molecule has 0 saturated carbocycles. The monoisotopic (exact) mass is 375 g/mol. The molecule has 2 rings (SSSR count). The van der Waals surface area contributed by atoms with Crippen molar-refractivity contribution < 1.29 is 13.5 Å². The molecule has 21 heavy (non-hydrogen) atoms. The van der Waals surface area contributed by atoms with Crippen molar-refractivity contribution in [3.63, 3.8) is 0 Å². The lowest BCUT2D eigenvalue weighted by Gasteiger charge is -2.19. The van der Waals surface area contributed by atoms with Gasteiger partial charge < -0.3 is 10.1 Å². The van der Waals surface area contributed by atoms with Crippen molar-refractivity contribution in [1.82, 2.24) is 5.32 Å². The van der Waals surface area contributed by atoms with E-state index in [1.54, 1.807) is 31.3 Å². The molecule has 112 valence electrons. The third-order valence-electron chi connectivity index (χ3n) is 2.99. The van der Waals surface area contributed by atoms with Gasteiger partial charge in [-0.05, 0) is 53.3 Å². The Hall–Kier alpha value is -1.17. The second-order valence-electron chi connectivity index (χ2n) is 4.37. The Kier molecular flexibility index (Phi) is 5.56. The Morgan fingerprint density at radius 3 is 2.71 bits per heavy atom. The van der Waals surface area contributed by atoms with Crippen LogP contribution in [0.1, 0.15) is 11.6 Å². The average Bonchev–Trinajstić information content (AvgIpc) is 2.46. The molecule has 2 aromatic rings. The highest BCUT2D eigenvalue weighted by molar-refractivity contribution is 9.10. The number of hydrogen-bond donors (Lipinski definition) is 1. The van der Waals surface area contributed by atoms with Crippen LogP contribution < -0.4 is 10.1 Å². The van der Waals surface area contributed by atoms with Gasteiger partial charge in [-0.25, -0.2) is 8.78 Å². The molecule has 0 aliphatic rings. The summed E-state index contributed by atoms with van der Waals surface area (Å²) in [7, 11) is 1.62. The third kappa shape index (κ3) is 3.93. The number of likely N-dealkylation sites (N-methyl/N-ethyl adjacent to an activating group) is 1. The smallest absolute Gasteiger partial charge is 0.145 e. The maximum atomic E-state index is 14.1. The van der Waals surface area contributed by atoms with Gasteiger partial charge in [-0.3, -0.25) is 0 Å². The minimum Gasteiger partial charge on any atom is -0.492 e. The van der Waals surface area contributed by atoms with Gasteiger partial charge in [0.15, 0.2) is 0 Å². The van der Waals surface area contributed by atoms with Gasteiger partial charge in [-0.1, -0.05) is 17.7 Å². The summed E-state index contributed by atoms with van der Waals surface area (Å²) in [5.74, 6) is -0.715. The highest BCUT2D eigenvalue weighted by atomic mass is 79.9. The van der Waals surface area contributed by atoms with Gasteiger partial charge in [0.1, 0.15) is 24.0 Å². The molecule has 1 atom stereocenters. The first-order valence-electron chi connectivity index (χ1n) is 6.22. The van der Waals surface area contributed by atoms with Crippen molar-refractivity contribution in [1.29, 1.82) is 0 Å². The van der Waals surface area contributed by atoms with Crippen LogP contribution in [-0.4, -0.2) is 13.7 Å². The van der Waals surface area contributed by atoms with Crippen LogP contribution in [0.4, 0.5) is 8.78 Å². The summed E-state index contributed by atoms with van der Waals surface area (Å²) >= 11 is 8.92. The fraction of sp³-hybridized carbons (Fsp3) is 0.200. The molecule has 0 heterocycles. The minimum atomic E-state index is -0.635. The summed E-state index contributed by atoms with van der Waals surface area (Å²) in [5, 5.41) is 3.39. The summed E-state index contributed by atoms with van der Waals surface area (Å²) in [6.07, 6.45) is 0. The highest BCUT2D eigenvalue weighted by Gasteiger charge is 2.21. The SMILES string of the molecule is CNC(COc1cccc(Cl)c1)c1c(F)ccc(Br)c1F. The van der Waals surface area contributed by atoms with Crippen LogP contribution in [-0.2, 0) is 0 Å². The first-order chi connectivity index (χ1) is 10.0. The molecule has 0 fully saturated rings. The van der Waals surface area contributed by atoms with E-state index in [0.29, 0.717) is 10.8 Å². The average molecular weight is 377 g/mol. The van der Waals surface area contributed by atoms with Gasteiger partial charge in [0.05, 0.1) is 10.5 Å². The highest BCUT2D eigenvalue weighted by Crippen LogP contribution is 2.27. The maximum Gasteiger partial charge on any atom is 0.145 e. The summed E-state index contributed by atoms with van der Waals surface area (Å²) in [4.78, 5) is 0. The molecule has 0 aliphatic carbocycles. The van der Waals surface area contributed by atoms with Crippen molar-refractivity contribution >= 4 is 27.5 Å². The molecule has 0 spiro atoms. The molecule has 1 unspecified atom stereocenters. The zero-order valence-electron chi connectivity index (χ0n) is 11.2. The van der Waals surface area contributed by atoms with Gasteiger partial charge >= 0.3 is 0 Å². The maximum absolute atomic E-state index is 14.1. The van der Waals surface area contributed by atoms with E-state index < -0.39 is 17.7 Å². The van der Waals surface area contributed by atoms with Crippen LogP contribution in [0.3, 0.4) is 0 Å². The molecule has 1 N–H and O–H groups in total. The summed E-state index contributed by atoms with van der Waals surface area (Å²) in [6, 6.07) is 8.75. The first kappa shape index (κ1) is 16.2. The third-order valence-corrected chi connectivity index (χ3v) is 3.84.